The number of ether oxygens (including phenoxy) is 2. The van der Waals surface area contributed by atoms with Crippen LogP contribution in [0.5, 0.6) is 11.5 Å². The molecule has 12 heteroatoms. The zero-order valence-corrected chi connectivity index (χ0v) is 23.9. The molecule has 0 saturated heterocycles. The predicted octanol–water partition coefficient (Wildman–Crippen LogP) is 2.28. The molecular formula is C26H46N4O6S2. The lowest BCUT2D eigenvalue weighted by Crippen LogP contribution is -2.20. The maximum absolute atomic E-state index is 11.6. The fourth-order valence-corrected chi connectivity index (χ4v) is 3.71. The molecule has 0 unspecified atom stereocenters. The highest BCUT2D eigenvalue weighted by molar-refractivity contribution is 7.93. The Morgan fingerprint density at radius 1 is 0.974 bits per heavy atom. The summed E-state index contributed by atoms with van der Waals surface area (Å²) in [7, 11) is -13.1. The van der Waals surface area contributed by atoms with Crippen LogP contribution in [0.1, 0.15) is 55.8 Å². The predicted molar refractivity (Wildman–Crippen MR) is 159 cm³/mol. The van der Waals surface area contributed by atoms with Gasteiger partial charge < -0.3 is 32.4 Å². The van der Waals surface area contributed by atoms with Crippen LogP contribution in [0.2, 0.25) is 0 Å². The highest BCUT2D eigenvalue weighted by Crippen LogP contribution is 2.22. The third-order valence-electron chi connectivity index (χ3n) is 3.97. The molecule has 0 bridgehead atoms. The van der Waals surface area contributed by atoms with E-state index < -0.39 is 51.7 Å². The van der Waals surface area contributed by atoms with Gasteiger partial charge in [0.25, 0.3) is 0 Å². The fourth-order valence-electron chi connectivity index (χ4n) is 2.51. The van der Waals surface area contributed by atoms with Gasteiger partial charge in [-0.3, -0.25) is 0 Å². The van der Waals surface area contributed by atoms with E-state index in [9.17, 15) is 16.8 Å². The Bertz CT molecular complexity index is 1560. The molecule has 0 spiro atoms. The van der Waals surface area contributed by atoms with Crippen molar-refractivity contribution >= 4 is 25.4 Å². The number of rotatable bonds is 7. The van der Waals surface area contributed by atoms with Crippen molar-refractivity contribution in [2.75, 3.05) is 45.4 Å². The third kappa shape index (κ3) is 17.0. The summed E-state index contributed by atoms with van der Waals surface area (Å²) in [6.45, 7) is 8.46. The van der Waals surface area contributed by atoms with E-state index >= 15 is 0 Å². The summed E-state index contributed by atoms with van der Waals surface area (Å²) in [6, 6.07) is 6.49. The zero-order valence-electron chi connectivity index (χ0n) is 32.2. The molecular weight excluding hydrogens is 528 g/mol. The molecule has 2 rings (SSSR count). The van der Waals surface area contributed by atoms with Crippen molar-refractivity contribution in [2.24, 2.45) is 22.9 Å². The Morgan fingerprint density at radius 3 is 1.84 bits per heavy atom. The third-order valence-corrected chi connectivity index (χ3v) is 5.37. The molecule has 0 aromatic heterocycles. The van der Waals surface area contributed by atoms with Gasteiger partial charge in [-0.15, -0.1) is 0 Å². The fraction of sp³-hybridized carbons (Fsp3) is 0.462. The smallest absolute Gasteiger partial charge is 0.170 e. The van der Waals surface area contributed by atoms with E-state index in [4.69, 9.17) is 46.1 Å². The summed E-state index contributed by atoms with van der Waals surface area (Å²) in [5, 5.41) is 0.471. The highest BCUT2D eigenvalue weighted by Gasteiger charge is 2.14. The highest BCUT2D eigenvalue weighted by atomic mass is 32.2. The number of nitrogens with two attached hydrogens (primary N) is 4. The molecule has 0 amide bonds. The molecule has 0 heterocycles. The first-order valence-electron chi connectivity index (χ1n) is 16.0. The van der Waals surface area contributed by atoms with E-state index in [0.717, 1.165) is 19.3 Å². The van der Waals surface area contributed by atoms with Crippen LogP contribution in [0.15, 0.2) is 41.8 Å². The zero-order chi connectivity index (χ0) is 38.5. The molecule has 0 aliphatic heterocycles. The van der Waals surface area contributed by atoms with Gasteiger partial charge in [0.15, 0.2) is 9.84 Å². The normalized spacial score (nSPS) is 17.6. The maximum atomic E-state index is 11.6. The van der Waals surface area contributed by atoms with Crippen LogP contribution >= 0.6 is 0 Å². The summed E-state index contributed by atoms with van der Waals surface area (Å²) in [6.07, 6.45) is -2.20. The van der Waals surface area contributed by atoms with Crippen molar-refractivity contribution < 1.29 is 40.0 Å². The lowest BCUT2D eigenvalue weighted by atomic mass is 10.1. The molecule has 38 heavy (non-hydrogen) atoms. The van der Waals surface area contributed by atoms with Gasteiger partial charge in [0, 0.05) is 22.6 Å². The molecule has 2 aromatic rings. The Morgan fingerprint density at radius 2 is 1.45 bits per heavy atom. The standard InChI is InChI=1S/C11H17NO3S.C11H15NO3S.2C2H7N/c2*1-8-6-9(4-5-11(8)15-2)10(12)7-16(3,13)14;2*1-2-3/h4-6,10H,7,12H2,1-3H3;4-7H,12H2,1-3H3;2*2-3H2,1H3/b;10-7-;;/t10-;;;/m1.../s1/i2D3,10D;2D3,3D3;;. The molecule has 10 nitrogen and oxygen atoms in total. The Hall–Kier alpha value is -2.64. The Balaban J connectivity index is 0. The molecule has 2 aromatic carbocycles. The van der Waals surface area contributed by atoms with Crippen LogP contribution in [0, 0.1) is 13.8 Å². The minimum absolute atomic E-state index is 0.0928. The van der Waals surface area contributed by atoms with Crippen molar-refractivity contribution in [1.29, 1.82) is 0 Å². The summed E-state index contributed by atoms with van der Waals surface area (Å²) in [4.78, 5) is 0. The lowest BCUT2D eigenvalue weighted by Gasteiger charge is -2.13. The van der Waals surface area contributed by atoms with Gasteiger partial charge in [-0.05, 0) is 73.5 Å². The van der Waals surface area contributed by atoms with Gasteiger partial charge in [-0.25, -0.2) is 16.8 Å². The van der Waals surface area contributed by atoms with Crippen LogP contribution in [0.25, 0.3) is 5.70 Å². The summed E-state index contributed by atoms with van der Waals surface area (Å²) in [5.74, 6) is -0.294. The molecule has 1 atom stereocenters. The van der Waals surface area contributed by atoms with Gasteiger partial charge in [0.2, 0.25) is 0 Å². The van der Waals surface area contributed by atoms with E-state index in [0.29, 0.717) is 16.5 Å². The van der Waals surface area contributed by atoms with E-state index in [1.807, 2.05) is 13.8 Å². The number of aryl methyl sites for hydroxylation is 2. The summed E-state index contributed by atoms with van der Waals surface area (Å²) < 4.78 is 126. The topological polar surface area (TPSA) is 191 Å². The van der Waals surface area contributed by atoms with Gasteiger partial charge in [-0.2, -0.15) is 0 Å². The number of sulfone groups is 2. The van der Waals surface area contributed by atoms with E-state index in [2.05, 4.69) is 0 Å². The van der Waals surface area contributed by atoms with E-state index in [1.54, 1.807) is 13.8 Å². The van der Waals surface area contributed by atoms with Crippen molar-refractivity contribution in [1.82, 2.24) is 0 Å². The van der Waals surface area contributed by atoms with Gasteiger partial charge in [0.05, 0.1) is 40.5 Å². The van der Waals surface area contributed by atoms with Crippen molar-refractivity contribution in [3.8, 4) is 11.5 Å². The molecule has 0 radical (unpaired) electrons. The average molecular weight is 585 g/mol. The second-order valence-electron chi connectivity index (χ2n) is 7.69. The summed E-state index contributed by atoms with van der Waals surface area (Å²) >= 11 is 0. The minimum atomic E-state index is -4.51. The van der Waals surface area contributed by atoms with Crippen molar-refractivity contribution in [3.63, 3.8) is 0 Å². The van der Waals surface area contributed by atoms with Crippen LogP contribution in [0.4, 0.5) is 0 Å². The average Bonchev–Trinajstić information content (AvgIpc) is 2.84. The first-order chi connectivity index (χ1) is 21.4. The monoisotopic (exact) mass is 584 g/mol. The van der Waals surface area contributed by atoms with Gasteiger partial charge >= 0.3 is 0 Å². The van der Waals surface area contributed by atoms with Crippen LogP contribution < -0.4 is 32.4 Å². The molecule has 218 valence electrons. The van der Waals surface area contributed by atoms with Gasteiger partial charge in [0.1, 0.15) is 21.3 Å². The van der Waals surface area contributed by atoms with Crippen molar-refractivity contribution in [3.05, 3.63) is 64.1 Å². The molecule has 0 aliphatic rings. The van der Waals surface area contributed by atoms with Crippen LogP contribution in [0.3, 0.4) is 0 Å². The van der Waals surface area contributed by atoms with Crippen LogP contribution in [-0.2, 0) is 19.7 Å². The number of benzene rings is 2. The molecule has 0 aliphatic carbocycles. The lowest BCUT2D eigenvalue weighted by molar-refractivity contribution is 0.411. The van der Waals surface area contributed by atoms with Crippen molar-refractivity contribution in [2.45, 2.75) is 33.7 Å². The number of hydrogen-bond donors (Lipinski definition) is 4. The Kier molecular flexibility index (Phi) is 10.9. The van der Waals surface area contributed by atoms with E-state index in [1.165, 1.54) is 36.4 Å². The molecule has 0 fully saturated rings. The SMILES string of the molecule is CCN.CCN.[2H]C([2H])([2H])Oc1ccc(/C(N)=C/S(=O)(=O)C([2H])([2H])[2H])cc1C.[2H]C([2H])([2H])Oc1ccc([C@]([2H])(N)CS(C)(=O)=O)cc1C. The summed E-state index contributed by atoms with van der Waals surface area (Å²) in [5.41, 5.74) is 22.1. The number of methoxy groups -OCH3 is 2. The van der Waals surface area contributed by atoms with E-state index in [-0.39, 0.29) is 28.3 Å². The first-order valence-corrected chi connectivity index (χ1v) is 14.7. The molecule has 0 saturated carbocycles. The van der Waals surface area contributed by atoms with Crippen LogP contribution in [-0.4, -0.2) is 62.2 Å². The quantitative estimate of drug-likeness (QED) is 0.375. The second-order valence-corrected chi connectivity index (χ2v) is 11.2. The maximum Gasteiger partial charge on any atom is 0.170 e. The largest absolute Gasteiger partial charge is 0.496 e. The second kappa shape index (κ2) is 18.6. The first kappa shape index (κ1) is 22.2. The van der Waals surface area contributed by atoms with Gasteiger partial charge in [-0.1, -0.05) is 26.0 Å². The molecule has 8 N–H and O–H groups in total. The number of hydrogen-bond acceptors (Lipinski definition) is 10. The minimum Gasteiger partial charge on any atom is -0.496 e. The Labute approximate surface area is 243 Å².